The third kappa shape index (κ3) is 2.58. The Balaban J connectivity index is 2.51. The summed E-state index contributed by atoms with van der Waals surface area (Å²) in [6.45, 7) is 12.5. The second-order valence-electron chi connectivity index (χ2n) is 5.01. The zero-order valence-corrected chi connectivity index (χ0v) is 10.3. The number of rotatable bonds is 4. The maximum absolute atomic E-state index is 3.29. The van der Waals surface area contributed by atoms with Crippen molar-refractivity contribution in [3.63, 3.8) is 0 Å². The maximum Gasteiger partial charge on any atom is 0.0196 e. The minimum atomic E-state index is 0.318. The minimum absolute atomic E-state index is 0.318. The molecule has 0 aromatic rings. The van der Waals surface area contributed by atoms with Gasteiger partial charge in [-0.25, -0.2) is 0 Å². The Labute approximate surface area is 88.4 Å². The van der Waals surface area contributed by atoms with Crippen molar-refractivity contribution in [2.75, 3.05) is 26.7 Å². The second-order valence-corrected chi connectivity index (χ2v) is 5.01. The lowest BCUT2D eigenvalue weighted by Crippen LogP contribution is -2.43. The summed E-state index contributed by atoms with van der Waals surface area (Å²) in [5, 5.41) is 3.29. The van der Waals surface area contributed by atoms with Crippen molar-refractivity contribution < 1.29 is 0 Å². The Hall–Kier alpha value is -0.340. The van der Waals surface area contributed by atoms with Gasteiger partial charge in [-0.3, -0.25) is 4.90 Å². The number of hydrogen-bond acceptors (Lipinski definition) is 2. The maximum atomic E-state index is 3.29. The summed E-state index contributed by atoms with van der Waals surface area (Å²) in [7, 11) is 2.22. The Kier molecular flexibility index (Phi) is 3.73. The van der Waals surface area contributed by atoms with Crippen LogP contribution in [0.25, 0.3) is 0 Å². The van der Waals surface area contributed by atoms with E-state index < -0.39 is 0 Å². The fourth-order valence-electron chi connectivity index (χ4n) is 1.50. The van der Waals surface area contributed by atoms with Crippen LogP contribution in [0, 0.1) is 0 Å². The molecule has 0 spiro atoms. The van der Waals surface area contributed by atoms with Crippen molar-refractivity contribution in [2.45, 2.75) is 39.7 Å². The van der Waals surface area contributed by atoms with Gasteiger partial charge in [0.15, 0.2) is 0 Å². The Bertz CT molecular complexity index is 222. The third-order valence-corrected chi connectivity index (χ3v) is 3.65. The van der Waals surface area contributed by atoms with E-state index in [9.17, 15) is 0 Å². The first-order valence-corrected chi connectivity index (χ1v) is 5.57. The fourth-order valence-corrected chi connectivity index (χ4v) is 1.50. The number of nitrogens with one attached hydrogen (secondary N) is 1. The van der Waals surface area contributed by atoms with Gasteiger partial charge in [0.25, 0.3) is 0 Å². The van der Waals surface area contributed by atoms with Gasteiger partial charge in [0.05, 0.1) is 0 Å². The molecule has 1 saturated heterocycles. The molecular weight excluding hydrogens is 172 g/mol. The first-order valence-electron chi connectivity index (χ1n) is 5.57. The van der Waals surface area contributed by atoms with E-state index in [0.717, 1.165) is 19.6 Å². The van der Waals surface area contributed by atoms with Crippen LogP contribution in [0.4, 0.5) is 0 Å². The first kappa shape index (κ1) is 11.7. The zero-order valence-electron chi connectivity index (χ0n) is 10.3. The molecule has 1 aliphatic heterocycles. The summed E-state index contributed by atoms with van der Waals surface area (Å²) < 4.78 is 0. The highest BCUT2D eigenvalue weighted by Crippen LogP contribution is 2.19. The molecule has 0 unspecified atom stereocenters. The highest BCUT2D eigenvalue weighted by molar-refractivity contribution is 5.22. The van der Waals surface area contributed by atoms with Gasteiger partial charge in [0, 0.05) is 25.2 Å². The molecule has 0 aromatic carbocycles. The predicted molar refractivity (Wildman–Crippen MR) is 62.6 cm³/mol. The molecule has 1 heterocycles. The van der Waals surface area contributed by atoms with Crippen LogP contribution >= 0.6 is 0 Å². The molecule has 1 N–H and O–H groups in total. The van der Waals surface area contributed by atoms with E-state index in [4.69, 9.17) is 0 Å². The number of nitrogens with zero attached hydrogens (tertiary/aromatic N) is 1. The van der Waals surface area contributed by atoms with Crippen LogP contribution in [0.5, 0.6) is 0 Å². The minimum Gasteiger partial charge on any atom is -0.309 e. The molecule has 1 rings (SSSR count). The van der Waals surface area contributed by atoms with Gasteiger partial charge in [0.2, 0.25) is 0 Å². The van der Waals surface area contributed by atoms with Gasteiger partial charge in [0.1, 0.15) is 0 Å². The lowest BCUT2D eigenvalue weighted by Gasteiger charge is -2.36. The molecule has 82 valence electrons. The van der Waals surface area contributed by atoms with Gasteiger partial charge in [-0.15, -0.1) is 0 Å². The van der Waals surface area contributed by atoms with Crippen LogP contribution < -0.4 is 5.32 Å². The largest absolute Gasteiger partial charge is 0.309 e. The molecule has 14 heavy (non-hydrogen) atoms. The summed E-state index contributed by atoms with van der Waals surface area (Å²) in [5.41, 5.74) is 3.47. The highest BCUT2D eigenvalue weighted by atomic mass is 15.2. The van der Waals surface area contributed by atoms with Crippen LogP contribution in [-0.4, -0.2) is 37.1 Å². The Morgan fingerprint density at radius 3 is 2.36 bits per heavy atom. The molecule has 0 amide bonds. The highest BCUT2D eigenvalue weighted by Gasteiger charge is 2.22. The fraction of sp³-hybridized carbons (Fsp3) is 0.833. The normalized spacial score (nSPS) is 17.1. The molecule has 2 heteroatoms. The lowest BCUT2D eigenvalue weighted by molar-refractivity contribution is 0.164. The van der Waals surface area contributed by atoms with Gasteiger partial charge in [-0.1, -0.05) is 12.5 Å². The van der Waals surface area contributed by atoms with Crippen molar-refractivity contribution in [1.82, 2.24) is 10.2 Å². The van der Waals surface area contributed by atoms with Crippen LogP contribution in [0.15, 0.2) is 11.1 Å². The predicted octanol–water partition coefficient (Wildman–Crippen LogP) is 2.03. The van der Waals surface area contributed by atoms with Gasteiger partial charge >= 0.3 is 0 Å². The summed E-state index contributed by atoms with van der Waals surface area (Å²) in [4.78, 5) is 2.45. The van der Waals surface area contributed by atoms with Crippen LogP contribution in [0.2, 0.25) is 0 Å². The van der Waals surface area contributed by atoms with E-state index in [-0.39, 0.29) is 0 Å². The van der Waals surface area contributed by atoms with E-state index in [1.807, 2.05) is 0 Å². The third-order valence-electron chi connectivity index (χ3n) is 3.65. The standard InChI is InChI=1S/C12H24N2/c1-6-12(3,4)14(5)9-10(2)11-7-13-8-11/h13H,6-9H2,1-5H3. The summed E-state index contributed by atoms with van der Waals surface area (Å²) in [5.74, 6) is 0. The molecule has 0 atom stereocenters. The van der Waals surface area contributed by atoms with Crippen molar-refractivity contribution in [2.24, 2.45) is 0 Å². The number of hydrogen-bond donors (Lipinski definition) is 1. The zero-order chi connectivity index (χ0) is 10.8. The van der Waals surface area contributed by atoms with E-state index in [2.05, 4.69) is 45.0 Å². The van der Waals surface area contributed by atoms with Crippen LogP contribution in [0.3, 0.4) is 0 Å². The van der Waals surface area contributed by atoms with Crippen LogP contribution in [0.1, 0.15) is 34.1 Å². The lowest BCUT2D eigenvalue weighted by atomic mass is 9.97. The smallest absolute Gasteiger partial charge is 0.0196 e. The van der Waals surface area contributed by atoms with Crippen molar-refractivity contribution >= 4 is 0 Å². The summed E-state index contributed by atoms with van der Waals surface area (Å²) in [6, 6.07) is 0. The molecule has 0 aromatic heterocycles. The molecule has 0 saturated carbocycles. The SMILES string of the molecule is CCC(C)(C)N(C)CC(C)=C1CNC1. The molecule has 0 radical (unpaired) electrons. The van der Waals surface area contributed by atoms with Gasteiger partial charge in [-0.2, -0.15) is 0 Å². The van der Waals surface area contributed by atoms with Crippen molar-refractivity contribution in [3.8, 4) is 0 Å². The molecule has 1 aliphatic rings. The topological polar surface area (TPSA) is 15.3 Å². The van der Waals surface area contributed by atoms with E-state index >= 15 is 0 Å². The first-order chi connectivity index (χ1) is 6.47. The number of likely N-dealkylation sites (N-methyl/N-ethyl adjacent to an activating group) is 1. The average molecular weight is 196 g/mol. The quantitative estimate of drug-likeness (QED) is 0.692. The van der Waals surface area contributed by atoms with E-state index in [1.54, 1.807) is 11.1 Å². The van der Waals surface area contributed by atoms with Gasteiger partial charge < -0.3 is 5.32 Å². The monoisotopic (exact) mass is 196 g/mol. The van der Waals surface area contributed by atoms with Gasteiger partial charge in [-0.05, 0) is 39.8 Å². The Morgan fingerprint density at radius 1 is 1.43 bits per heavy atom. The van der Waals surface area contributed by atoms with E-state index in [0.29, 0.717) is 5.54 Å². The Morgan fingerprint density at radius 2 is 2.00 bits per heavy atom. The summed E-state index contributed by atoms with van der Waals surface area (Å²) in [6.07, 6.45) is 1.20. The van der Waals surface area contributed by atoms with Crippen molar-refractivity contribution in [1.29, 1.82) is 0 Å². The molecule has 0 aliphatic carbocycles. The second kappa shape index (κ2) is 4.45. The van der Waals surface area contributed by atoms with E-state index in [1.165, 1.54) is 6.42 Å². The molecule has 0 bridgehead atoms. The van der Waals surface area contributed by atoms with Crippen LogP contribution in [-0.2, 0) is 0 Å². The van der Waals surface area contributed by atoms with Crippen molar-refractivity contribution in [3.05, 3.63) is 11.1 Å². The molecule has 1 fully saturated rings. The molecule has 2 nitrogen and oxygen atoms in total. The molecular formula is C12H24N2. The average Bonchev–Trinajstić information content (AvgIpc) is 2.00. The summed E-state index contributed by atoms with van der Waals surface area (Å²) >= 11 is 0.